The van der Waals surface area contributed by atoms with E-state index in [0.29, 0.717) is 23.4 Å². The zero-order valence-electron chi connectivity index (χ0n) is 13.0. The van der Waals surface area contributed by atoms with E-state index in [0.717, 1.165) is 12.3 Å². The van der Waals surface area contributed by atoms with Crippen molar-refractivity contribution in [3.05, 3.63) is 0 Å². The van der Waals surface area contributed by atoms with E-state index in [4.69, 9.17) is 0 Å². The van der Waals surface area contributed by atoms with Gasteiger partial charge in [0.05, 0.1) is 6.61 Å². The van der Waals surface area contributed by atoms with Crippen LogP contribution in [0.2, 0.25) is 0 Å². The topological polar surface area (TPSA) is 32.3 Å². The molecular weight excluding hydrogens is 222 g/mol. The molecule has 0 amide bonds. The Morgan fingerprint density at radius 3 is 2.06 bits per heavy atom. The first-order chi connectivity index (χ1) is 8.32. The van der Waals surface area contributed by atoms with Crippen LogP contribution in [0.4, 0.5) is 0 Å². The van der Waals surface area contributed by atoms with Crippen LogP contribution in [0, 0.1) is 17.3 Å². The molecule has 0 spiro atoms. The molecule has 1 aliphatic carbocycles. The predicted molar refractivity (Wildman–Crippen MR) is 78.7 cm³/mol. The monoisotopic (exact) mass is 255 g/mol. The van der Waals surface area contributed by atoms with E-state index in [2.05, 4.69) is 39.9 Å². The summed E-state index contributed by atoms with van der Waals surface area (Å²) < 4.78 is 0. The van der Waals surface area contributed by atoms with Gasteiger partial charge in [0.25, 0.3) is 0 Å². The highest BCUT2D eigenvalue weighted by molar-refractivity contribution is 4.85. The number of aliphatic hydroxyl groups excluding tert-OH is 1. The molecule has 1 unspecified atom stereocenters. The highest BCUT2D eigenvalue weighted by Crippen LogP contribution is 2.37. The quantitative estimate of drug-likeness (QED) is 0.787. The SMILES string of the molecule is CC(C)CC(CO)NC1CCC(C(C)(C)C)CC1. The summed E-state index contributed by atoms with van der Waals surface area (Å²) >= 11 is 0. The average molecular weight is 255 g/mol. The van der Waals surface area contributed by atoms with E-state index in [-0.39, 0.29) is 6.61 Å². The van der Waals surface area contributed by atoms with Crippen molar-refractivity contribution < 1.29 is 5.11 Å². The summed E-state index contributed by atoms with van der Waals surface area (Å²) in [6, 6.07) is 0.917. The Labute approximate surface area is 114 Å². The third-order valence-corrected chi connectivity index (χ3v) is 4.40. The van der Waals surface area contributed by atoms with Gasteiger partial charge in [0, 0.05) is 12.1 Å². The van der Waals surface area contributed by atoms with Crippen LogP contribution in [0.5, 0.6) is 0 Å². The molecule has 18 heavy (non-hydrogen) atoms. The predicted octanol–water partition coefficient (Wildman–Crippen LogP) is 3.59. The molecule has 108 valence electrons. The minimum Gasteiger partial charge on any atom is -0.395 e. The first kappa shape index (κ1) is 16.0. The van der Waals surface area contributed by atoms with E-state index < -0.39 is 0 Å². The summed E-state index contributed by atoms with van der Waals surface area (Å²) in [6.45, 7) is 11.8. The van der Waals surface area contributed by atoms with Crippen LogP contribution in [-0.4, -0.2) is 23.8 Å². The Balaban J connectivity index is 2.34. The molecule has 0 aromatic rings. The van der Waals surface area contributed by atoms with Crippen LogP contribution in [0.1, 0.15) is 66.7 Å². The van der Waals surface area contributed by atoms with Crippen LogP contribution in [0.25, 0.3) is 0 Å². The Bertz CT molecular complexity index is 224. The summed E-state index contributed by atoms with van der Waals surface area (Å²) in [4.78, 5) is 0. The summed E-state index contributed by atoms with van der Waals surface area (Å²) in [6.07, 6.45) is 6.30. The summed E-state index contributed by atoms with van der Waals surface area (Å²) in [5.74, 6) is 1.52. The molecular formula is C16H33NO. The zero-order valence-corrected chi connectivity index (χ0v) is 13.0. The van der Waals surface area contributed by atoms with E-state index in [1.165, 1.54) is 25.7 Å². The molecule has 0 aromatic carbocycles. The number of aliphatic hydroxyl groups is 1. The molecule has 0 bridgehead atoms. The fourth-order valence-electron chi connectivity index (χ4n) is 3.22. The molecule has 0 aliphatic heterocycles. The van der Waals surface area contributed by atoms with Crippen molar-refractivity contribution in [3.8, 4) is 0 Å². The van der Waals surface area contributed by atoms with Gasteiger partial charge in [-0.1, -0.05) is 34.6 Å². The third-order valence-electron chi connectivity index (χ3n) is 4.40. The van der Waals surface area contributed by atoms with Crippen molar-refractivity contribution in [1.29, 1.82) is 0 Å². The van der Waals surface area contributed by atoms with Crippen molar-refractivity contribution in [3.63, 3.8) is 0 Å². The number of hydrogen-bond donors (Lipinski definition) is 2. The lowest BCUT2D eigenvalue weighted by molar-refractivity contribution is 0.143. The lowest BCUT2D eigenvalue weighted by Crippen LogP contribution is -2.44. The minimum absolute atomic E-state index is 0.275. The highest BCUT2D eigenvalue weighted by atomic mass is 16.3. The molecule has 2 N–H and O–H groups in total. The maximum Gasteiger partial charge on any atom is 0.0584 e. The average Bonchev–Trinajstić information content (AvgIpc) is 2.27. The molecule has 0 saturated heterocycles. The van der Waals surface area contributed by atoms with E-state index in [9.17, 15) is 5.11 Å². The van der Waals surface area contributed by atoms with Gasteiger partial charge in [0.15, 0.2) is 0 Å². The molecule has 0 radical (unpaired) electrons. The Morgan fingerprint density at radius 2 is 1.67 bits per heavy atom. The van der Waals surface area contributed by atoms with Gasteiger partial charge in [-0.2, -0.15) is 0 Å². The molecule has 1 atom stereocenters. The van der Waals surface area contributed by atoms with E-state index in [1.54, 1.807) is 0 Å². The highest BCUT2D eigenvalue weighted by Gasteiger charge is 2.30. The van der Waals surface area contributed by atoms with Gasteiger partial charge >= 0.3 is 0 Å². The van der Waals surface area contributed by atoms with Crippen molar-refractivity contribution >= 4 is 0 Å². The van der Waals surface area contributed by atoms with Crippen molar-refractivity contribution in [2.45, 2.75) is 78.8 Å². The fourth-order valence-corrected chi connectivity index (χ4v) is 3.22. The minimum atomic E-state index is 0.275. The summed E-state index contributed by atoms with van der Waals surface area (Å²) in [5.41, 5.74) is 0.458. The number of rotatable bonds is 5. The largest absolute Gasteiger partial charge is 0.395 e. The normalized spacial score (nSPS) is 27.5. The molecule has 0 aromatic heterocycles. The van der Waals surface area contributed by atoms with E-state index in [1.807, 2.05) is 0 Å². The molecule has 2 heteroatoms. The van der Waals surface area contributed by atoms with Gasteiger partial charge < -0.3 is 10.4 Å². The van der Waals surface area contributed by atoms with Gasteiger partial charge in [0.2, 0.25) is 0 Å². The third kappa shape index (κ3) is 5.27. The van der Waals surface area contributed by atoms with Crippen LogP contribution in [0.15, 0.2) is 0 Å². The maximum absolute atomic E-state index is 9.42. The first-order valence-electron chi connectivity index (χ1n) is 7.69. The molecule has 1 aliphatic rings. The van der Waals surface area contributed by atoms with Crippen molar-refractivity contribution in [1.82, 2.24) is 5.32 Å². The Morgan fingerprint density at radius 1 is 1.11 bits per heavy atom. The zero-order chi connectivity index (χ0) is 13.8. The molecule has 1 rings (SSSR count). The maximum atomic E-state index is 9.42. The lowest BCUT2D eigenvalue weighted by Gasteiger charge is -2.38. The smallest absolute Gasteiger partial charge is 0.0584 e. The molecule has 1 saturated carbocycles. The van der Waals surface area contributed by atoms with Gasteiger partial charge in [-0.15, -0.1) is 0 Å². The molecule has 2 nitrogen and oxygen atoms in total. The van der Waals surface area contributed by atoms with Crippen LogP contribution < -0.4 is 5.32 Å². The number of nitrogens with one attached hydrogen (secondary N) is 1. The van der Waals surface area contributed by atoms with Crippen molar-refractivity contribution in [2.24, 2.45) is 17.3 Å². The lowest BCUT2D eigenvalue weighted by atomic mass is 9.71. The van der Waals surface area contributed by atoms with E-state index >= 15 is 0 Å². The number of hydrogen-bond acceptors (Lipinski definition) is 2. The van der Waals surface area contributed by atoms with Crippen LogP contribution in [-0.2, 0) is 0 Å². The Kier molecular flexibility index (Phi) is 6.13. The van der Waals surface area contributed by atoms with Gasteiger partial charge in [0.1, 0.15) is 0 Å². The second-order valence-corrected chi connectivity index (χ2v) is 7.59. The second-order valence-electron chi connectivity index (χ2n) is 7.59. The van der Waals surface area contributed by atoms with Crippen LogP contribution in [0.3, 0.4) is 0 Å². The Hall–Kier alpha value is -0.0800. The van der Waals surface area contributed by atoms with Gasteiger partial charge in [-0.25, -0.2) is 0 Å². The van der Waals surface area contributed by atoms with Crippen molar-refractivity contribution in [2.75, 3.05) is 6.61 Å². The fraction of sp³-hybridized carbons (Fsp3) is 1.00. The first-order valence-corrected chi connectivity index (χ1v) is 7.69. The summed E-state index contributed by atoms with van der Waals surface area (Å²) in [5, 5.41) is 13.1. The second kappa shape index (κ2) is 6.91. The summed E-state index contributed by atoms with van der Waals surface area (Å²) in [7, 11) is 0. The molecule has 1 fully saturated rings. The van der Waals surface area contributed by atoms with Gasteiger partial charge in [-0.05, 0) is 49.4 Å². The standard InChI is InChI=1S/C16H33NO/c1-12(2)10-15(11-18)17-14-8-6-13(7-9-14)16(3,4)5/h12-15,17-18H,6-11H2,1-5H3. The van der Waals surface area contributed by atoms with Crippen LogP contribution >= 0.6 is 0 Å². The molecule has 0 heterocycles. The van der Waals surface area contributed by atoms with Gasteiger partial charge in [-0.3, -0.25) is 0 Å².